The molecule has 0 atom stereocenters. The summed E-state index contributed by atoms with van der Waals surface area (Å²) in [5, 5.41) is 11.8. The fourth-order valence-corrected chi connectivity index (χ4v) is 8.01. The van der Waals surface area contributed by atoms with Gasteiger partial charge < -0.3 is 5.11 Å². The van der Waals surface area contributed by atoms with E-state index in [4.69, 9.17) is 16.5 Å². The van der Waals surface area contributed by atoms with E-state index < -0.39 is 0 Å². The minimum Gasteiger partial charge on any atom is -0.509 e. The zero-order chi connectivity index (χ0) is 46.2. The molecule has 0 amide bonds. The van der Waals surface area contributed by atoms with Gasteiger partial charge in [-0.15, -0.1) is 29.3 Å². The number of phenols is 1. The van der Waals surface area contributed by atoms with Gasteiger partial charge in [-0.25, -0.2) is 9.83 Å². The van der Waals surface area contributed by atoms with Gasteiger partial charge in [-0.05, 0) is 97.7 Å². The first-order chi connectivity index (χ1) is 29.1. The molecule has 1 N–H and O–H groups in total. The van der Waals surface area contributed by atoms with E-state index in [9.17, 15) is 5.11 Å². The normalized spacial score (nSPS) is 12.6. The van der Waals surface area contributed by atoms with Crippen LogP contribution in [0.1, 0.15) is 137 Å². The molecule has 5 nitrogen and oxygen atoms in total. The maximum atomic E-state index is 11.8. The molecule has 7 aromatic rings. The molecule has 0 unspecified atom stereocenters. The number of aromatic hydroxyl groups is 1. The van der Waals surface area contributed by atoms with Crippen molar-refractivity contribution < 1.29 is 26.2 Å². The number of rotatable bonds is 5. The van der Waals surface area contributed by atoms with E-state index in [0.29, 0.717) is 17.1 Å². The summed E-state index contributed by atoms with van der Waals surface area (Å²) in [6, 6.07) is 36.2. The van der Waals surface area contributed by atoms with Crippen LogP contribution < -0.4 is 0 Å². The van der Waals surface area contributed by atoms with Gasteiger partial charge in [0.25, 0.3) is 0 Å². The van der Waals surface area contributed by atoms with Gasteiger partial charge in [0.2, 0.25) is 0 Å². The first kappa shape index (κ1) is 48.2. The van der Waals surface area contributed by atoms with Gasteiger partial charge in [0.15, 0.2) is 5.69 Å². The number of pyridine rings is 1. The average molecular weight is 1030 g/mol. The monoisotopic (exact) mass is 1030 g/mol. The third kappa shape index (κ3) is 9.84. The molecule has 0 radical (unpaired) electrons. The molecule has 0 saturated heterocycles. The fourth-order valence-electron chi connectivity index (χ4n) is 8.01. The van der Waals surface area contributed by atoms with Crippen molar-refractivity contribution >= 4 is 16.7 Å². The van der Waals surface area contributed by atoms with Crippen LogP contribution in [0, 0.1) is 19.6 Å². The van der Waals surface area contributed by atoms with Gasteiger partial charge in [0.05, 0.1) is 23.2 Å². The Kier molecular flexibility index (Phi) is 12.7. The SMILES string of the molecule is [C-]#[N+]c1ccc(-c2nc3c(-c4[c-]c(-c5cc(C)ccn5)cc(C(C)(C)C)c4)cc(-c4cc(C(C)(C)C)cc(C(C)(C)C)c4)cc3n2-c2cc(C(C)(C)C)cc(C(C)(C)C)c2)c(O)c1.[Pt]. The minimum absolute atomic E-state index is 0. The van der Waals surface area contributed by atoms with Crippen LogP contribution in [0.2, 0.25) is 0 Å². The van der Waals surface area contributed by atoms with Crippen LogP contribution in [-0.2, 0) is 48.1 Å². The van der Waals surface area contributed by atoms with Crippen LogP contribution in [-0.4, -0.2) is 19.6 Å². The number of benzene rings is 5. The Morgan fingerprint density at radius 1 is 0.562 bits per heavy atom. The quantitative estimate of drug-likeness (QED) is 0.175. The van der Waals surface area contributed by atoms with Crippen molar-refractivity contribution in [2.75, 3.05) is 0 Å². The second-order valence-corrected chi connectivity index (χ2v) is 22.7. The molecule has 0 fully saturated rings. The smallest absolute Gasteiger partial charge is 0.190 e. The number of fused-ring (bicyclic) bond motifs is 1. The molecule has 0 bridgehead atoms. The summed E-state index contributed by atoms with van der Waals surface area (Å²) in [6.07, 6.45) is 1.87. The Hall–Kier alpha value is -5.30. The summed E-state index contributed by atoms with van der Waals surface area (Å²) in [5.41, 5.74) is 16.0. The van der Waals surface area contributed by atoms with Crippen molar-refractivity contribution in [2.24, 2.45) is 0 Å². The van der Waals surface area contributed by atoms with Crippen molar-refractivity contribution in [3.8, 4) is 56.3 Å². The largest absolute Gasteiger partial charge is 0.509 e. The zero-order valence-corrected chi connectivity index (χ0v) is 43.1. The second-order valence-electron chi connectivity index (χ2n) is 22.7. The Morgan fingerprint density at radius 2 is 1.06 bits per heavy atom. The van der Waals surface area contributed by atoms with E-state index in [1.54, 1.807) is 6.07 Å². The summed E-state index contributed by atoms with van der Waals surface area (Å²) in [7, 11) is 0. The number of aromatic nitrogens is 3. The summed E-state index contributed by atoms with van der Waals surface area (Å²) >= 11 is 0. The maximum Gasteiger partial charge on any atom is 0.190 e. The van der Waals surface area contributed by atoms with Crippen molar-refractivity contribution in [3.63, 3.8) is 0 Å². The number of aryl methyl sites for hydroxylation is 1. The first-order valence-electron chi connectivity index (χ1n) is 22.2. The van der Waals surface area contributed by atoms with Gasteiger partial charge in [0, 0.05) is 38.6 Å². The topological polar surface area (TPSA) is 55.3 Å². The summed E-state index contributed by atoms with van der Waals surface area (Å²) in [6.45, 7) is 43.8. The number of nitrogens with zero attached hydrogens (tertiary/aromatic N) is 4. The van der Waals surface area contributed by atoms with Crippen molar-refractivity contribution in [1.29, 1.82) is 0 Å². The molecule has 0 aliphatic carbocycles. The molecule has 5 aromatic carbocycles. The number of phenolic OH excluding ortho intramolecular Hbond substituents is 1. The van der Waals surface area contributed by atoms with Gasteiger partial charge in [0.1, 0.15) is 11.6 Å². The van der Waals surface area contributed by atoms with Gasteiger partial charge in [-0.3, -0.25) is 9.55 Å². The van der Waals surface area contributed by atoms with Crippen LogP contribution in [0.15, 0.2) is 97.2 Å². The predicted molar refractivity (Wildman–Crippen MR) is 266 cm³/mol. The minimum atomic E-state index is -0.181. The van der Waals surface area contributed by atoms with E-state index >= 15 is 0 Å². The van der Waals surface area contributed by atoms with Crippen LogP contribution in [0.3, 0.4) is 0 Å². The van der Waals surface area contributed by atoms with Crippen molar-refractivity contribution in [3.05, 3.63) is 148 Å². The van der Waals surface area contributed by atoms with Gasteiger partial charge in [-0.1, -0.05) is 169 Å². The zero-order valence-electron chi connectivity index (χ0n) is 40.8. The Balaban J connectivity index is 0.00000680. The van der Waals surface area contributed by atoms with E-state index in [2.05, 4.69) is 193 Å². The predicted octanol–water partition coefficient (Wildman–Crippen LogP) is 15.9. The van der Waals surface area contributed by atoms with E-state index in [1.807, 2.05) is 18.3 Å². The molecule has 0 aliphatic rings. The Morgan fingerprint density at radius 3 is 1.56 bits per heavy atom. The summed E-state index contributed by atoms with van der Waals surface area (Å²) in [4.78, 5) is 14.1. The third-order valence-corrected chi connectivity index (χ3v) is 12.2. The molecule has 2 aromatic heterocycles. The molecule has 2 heterocycles. The molecule has 6 heteroatoms. The summed E-state index contributed by atoms with van der Waals surface area (Å²) in [5.74, 6) is 0.598. The number of hydrogen-bond donors (Lipinski definition) is 1. The molecular weight excluding hydrogens is 964 g/mol. The van der Waals surface area contributed by atoms with Crippen LogP contribution >= 0.6 is 0 Å². The van der Waals surface area contributed by atoms with Crippen LogP contribution in [0.4, 0.5) is 5.69 Å². The molecule has 0 spiro atoms. The van der Waals surface area contributed by atoms with Crippen molar-refractivity contribution in [2.45, 2.75) is 138 Å². The molecule has 64 heavy (non-hydrogen) atoms. The number of imidazole rings is 1. The molecule has 0 saturated carbocycles. The fraction of sp³-hybridized carbons (Fsp3) is 0.362. The molecular formula is C58H65N4OPt-. The maximum absolute atomic E-state index is 11.8. The molecule has 334 valence electrons. The van der Waals surface area contributed by atoms with E-state index in [1.165, 1.54) is 28.3 Å². The average Bonchev–Trinajstić information content (AvgIpc) is 3.57. The van der Waals surface area contributed by atoms with Crippen LogP contribution in [0.25, 0.3) is 66.5 Å². The Labute approximate surface area is 397 Å². The second kappa shape index (κ2) is 16.9. The van der Waals surface area contributed by atoms with E-state index in [-0.39, 0.29) is 53.9 Å². The third-order valence-electron chi connectivity index (χ3n) is 12.2. The van der Waals surface area contributed by atoms with Gasteiger partial charge in [-0.2, -0.15) is 0 Å². The standard InChI is InChI=1S/C58H65N4O.Pt/c1-35-20-21-60-49(22-35)39-23-38(26-40(27-39)54(2,3)4)48-28-37(36-24-41(55(5,6)7)30-42(25-36)56(8,9)10)29-50-52(48)61-53(47-19-18-45(59-17)34-51(47)63)62(50)46-32-43(57(11,12)13)31-44(33-46)58(14,15)16;/h18-22,24-34,63H,1-16H3;/q-1;. The Bertz CT molecular complexity index is 2880. The van der Waals surface area contributed by atoms with Gasteiger partial charge >= 0.3 is 0 Å². The number of hydrogen-bond acceptors (Lipinski definition) is 3. The van der Waals surface area contributed by atoms with Crippen molar-refractivity contribution in [1.82, 2.24) is 14.5 Å². The van der Waals surface area contributed by atoms with Crippen LogP contribution in [0.5, 0.6) is 5.75 Å². The molecule has 0 aliphatic heterocycles. The molecule has 7 rings (SSSR count). The first-order valence-corrected chi connectivity index (χ1v) is 22.2. The summed E-state index contributed by atoms with van der Waals surface area (Å²) < 4.78 is 2.23. The van der Waals surface area contributed by atoms with E-state index in [0.717, 1.165) is 61.4 Å².